The van der Waals surface area contributed by atoms with Crippen molar-refractivity contribution in [3.05, 3.63) is 75.1 Å². The highest BCUT2D eigenvalue weighted by atomic mass is 19.1. The highest BCUT2D eigenvalue weighted by Gasteiger charge is 2.17. The Hall–Kier alpha value is -2.76. The Morgan fingerprint density at radius 2 is 1.90 bits per heavy atom. The Balaban J connectivity index is 2.12. The summed E-state index contributed by atoms with van der Waals surface area (Å²) in [6, 6.07) is 10.1. The molecule has 1 N–H and O–H groups in total. The molecule has 0 spiro atoms. The standard InChI is InChI=1S/C15H13FN2O3/c1-10-13(3-2-4-14(10)18(20)21)15(19)17-9-11-5-7-12(16)8-6-11/h2-8H,9H2,1H3,(H,17,19). The molecule has 0 aliphatic rings. The largest absolute Gasteiger partial charge is 0.348 e. The molecule has 0 saturated heterocycles. The second-order valence-electron chi connectivity index (χ2n) is 4.52. The average molecular weight is 288 g/mol. The third kappa shape index (κ3) is 3.42. The van der Waals surface area contributed by atoms with Gasteiger partial charge >= 0.3 is 0 Å². The molecule has 0 aromatic heterocycles. The van der Waals surface area contributed by atoms with Crippen LogP contribution in [-0.2, 0) is 6.54 Å². The molecule has 2 aromatic rings. The SMILES string of the molecule is Cc1c(C(=O)NCc2ccc(F)cc2)cccc1[N+](=O)[O-]. The van der Waals surface area contributed by atoms with Crippen LogP contribution in [0.25, 0.3) is 0 Å². The monoisotopic (exact) mass is 288 g/mol. The Morgan fingerprint density at radius 3 is 2.52 bits per heavy atom. The maximum atomic E-state index is 12.8. The fourth-order valence-corrected chi connectivity index (χ4v) is 1.95. The van der Waals surface area contributed by atoms with Crippen molar-refractivity contribution in [3.8, 4) is 0 Å². The maximum absolute atomic E-state index is 12.8. The van der Waals surface area contributed by atoms with E-state index in [4.69, 9.17) is 0 Å². The molecule has 0 heterocycles. The van der Waals surface area contributed by atoms with Gasteiger partial charge in [-0.2, -0.15) is 0 Å². The van der Waals surface area contributed by atoms with Crippen molar-refractivity contribution in [2.24, 2.45) is 0 Å². The number of hydrogen-bond acceptors (Lipinski definition) is 3. The first-order chi connectivity index (χ1) is 9.99. The van der Waals surface area contributed by atoms with E-state index in [0.717, 1.165) is 5.56 Å². The number of carbonyl (C=O) groups is 1. The minimum Gasteiger partial charge on any atom is -0.348 e. The van der Waals surface area contributed by atoms with E-state index in [1.807, 2.05) is 0 Å². The van der Waals surface area contributed by atoms with E-state index in [1.54, 1.807) is 12.1 Å². The number of nitro groups is 1. The number of nitrogens with zero attached hydrogens (tertiary/aromatic N) is 1. The van der Waals surface area contributed by atoms with Crippen LogP contribution in [0.3, 0.4) is 0 Å². The van der Waals surface area contributed by atoms with Crippen LogP contribution in [0.4, 0.5) is 10.1 Å². The average Bonchev–Trinajstić information content (AvgIpc) is 2.46. The number of carbonyl (C=O) groups excluding carboxylic acids is 1. The molecule has 0 fully saturated rings. The van der Waals surface area contributed by atoms with Gasteiger partial charge in [-0.1, -0.05) is 18.2 Å². The molecule has 108 valence electrons. The number of halogens is 1. The molecule has 1 amide bonds. The Labute approximate surface area is 120 Å². The molecular formula is C15H13FN2O3. The van der Waals surface area contributed by atoms with Crippen LogP contribution in [0.2, 0.25) is 0 Å². The summed E-state index contributed by atoms with van der Waals surface area (Å²) in [6.45, 7) is 1.76. The smallest absolute Gasteiger partial charge is 0.273 e. The number of nitro benzene ring substituents is 1. The summed E-state index contributed by atoms with van der Waals surface area (Å²) in [5.74, 6) is -0.750. The molecule has 0 bridgehead atoms. The number of benzene rings is 2. The predicted octanol–water partition coefficient (Wildman–Crippen LogP) is 2.97. The van der Waals surface area contributed by atoms with Crippen molar-refractivity contribution < 1.29 is 14.1 Å². The third-order valence-corrected chi connectivity index (χ3v) is 3.11. The zero-order valence-electron chi connectivity index (χ0n) is 11.3. The van der Waals surface area contributed by atoms with E-state index in [0.29, 0.717) is 5.56 Å². The van der Waals surface area contributed by atoms with Gasteiger partial charge in [-0.25, -0.2) is 4.39 Å². The van der Waals surface area contributed by atoms with Gasteiger partial charge in [-0.3, -0.25) is 14.9 Å². The summed E-state index contributed by atoms with van der Waals surface area (Å²) in [5, 5.41) is 13.5. The van der Waals surface area contributed by atoms with Gasteiger partial charge in [0, 0.05) is 23.7 Å². The van der Waals surface area contributed by atoms with Gasteiger partial charge in [-0.05, 0) is 30.7 Å². The summed E-state index contributed by atoms with van der Waals surface area (Å²) in [4.78, 5) is 22.4. The fraction of sp³-hybridized carbons (Fsp3) is 0.133. The zero-order valence-corrected chi connectivity index (χ0v) is 11.3. The lowest BCUT2D eigenvalue weighted by Gasteiger charge is -2.08. The minimum atomic E-state index is -0.522. The zero-order chi connectivity index (χ0) is 15.4. The van der Waals surface area contributed by atoms with Gasteiger partial charge in [0.15, 0.2) is 0 Å². The second kappa shape index (κ2) is 6.13. The molecule has 0 saturated carbocycles. The quantitative estimate of drug-likeness (QED) is 0.694. The summed E-state index contributed by atoms with van der Waals surface area (Å²) in [6.07, 6.45) is 0. The highest BCUT2D eigenvalue weighted by molar-refractivity contribution is 5.96. The molecule has 0 aliphatic heterocycles. The number of hydrogen-bond donors (Lipinski definition) is 1. The summed E-state index contributed by atoms with van der Waals surface area (Å²) >= 11 is 0. The Bertz CT molecular complexity index is 684. The predicted molar refractivity (Wildman–Crippen MR) is 75.4 cm³/mol. The summed E-state index contributed by atoms with van der Waals surface area (Å²) in [7, 11) is 0. The van der Waals surface area contributed by atoms with Crippen molar-refractivity contribution in [2.75, 3.05) is 0 Å². The molecule has 2 aromatic carbocycles. The first kappa shape index (κ1) is 14.6. The summed E-state index contributed by atoms with van der Waals surface area (Å²) in [5.41, 5.74) is 1.22. The van der Waals surface area contributed by atoms with Crippen molar-refractivity contribution in [1.29, 1.82) is 0 Å². The lowest BCUT2D eigenvalue weighted by molar-refractivity contribution is -0.385. The lowest BCUT2D eigenvalue weighted by atomic mass is 10.1. The number of rotatable bonds is 4. The van der Waals surface area contributed by atoms with E-state index >= 15 is 0 Å². The van der Waals surface area contributed by atoms with Crippen molar-refractivity contribution in [2.45, 2.75) is 13.5 Å². The van der Waals surface area contributed by atoms with E-state index in [2.05, 4.69) is 5.32 Å². The maximum Gasteiger partial charge on any atom is 0.273 e. The van der Waals surface area contributed by atoms with Crippen LogP contribution in [0.1, 0.15) is 21.5 Å². The Morgan fingerprint density at radius 1 is 1.24 bits per heavy atom. The molecule has 6 heteroatoms. The molecule has 2 rings (SSSR count). The Kier molecular flexibility index (Phi) is 4.27. The van der Waals surface area contributed by atoms with Gasteiger partial charge in [0.05, 0.1) is 4.92 Å². The van der Waals surface area contributed by atoms with E-state index < -0.39 is 10.8 Å². The molecule has 21 heavy (non-hydrogen) atoms. The van der Waals surface area contributed by atoms with Gasteiger partial charge < -0.3 is 5.32 Å². The van der Waals surface area contributed by atoms with Crippen LogP contribution in [-0.4, -0.2) is 10.8 Å². The topological polar surface area (TPSA) is 72.2 Å². The van der Waals surface area contributed by atoms with Crippen LogP contribution >= 0.6 is 0 Å². The lowest BCUT2D eigenvalue weighted by Crippen LogP contribution is -2.23. The van der Waals surface area contributed by atoms with Crippen LogP contribution in [0, 0.1) is 22.9 Å². The van der Waals surface area contributed by atoms with E-state index in [9.17, 15) is 19.3 Å². The van der Waals surface area contributed by atoms with Gasteiger partial charge in [0.2, 0.25) is 0 Å². The van der Waals surface area contributed by atoms with Gasteiger partial charge in [0.25, 0.3) is 11.6 Å². The molecule has 0 radical (unpaired) electrons. The van der Waals surface area contributed by atoms with Crippen molar-refractivity contribution in [3.63, 3.8) is 0 Å². The van der Waals surface area contributed by atoms with Crippen LogP contribution < -0.4 is 5.32 Å². The summed E-state index contributed by atoms with van der Waals surface area (Å²) < 4.78 is 12.8. The van der Waals surface area contributed by atoms with Crippen molar-refractivity contribution >= 4 is 11.6 Å². The second-order valence-corrected chi connectivity index (χ2v) is 4.52. The van der Waals surface area contributed by atoms with E-state index in [1.165, 1.54) is 37.3 Å². The molecule has 0 atom stereocenters. The first-order valence-electron chi connectivity index (χ1n) is 6.25. The first-order valence-corrected chi connectivity index (χ1v) is 6.25. The van der Waals surface area contributed by atoms with Crippen LogP contribution in [0.15, 0.2) is 42.5 Å². The third-order valence-electron chi connectivity index (χ3n) is 3.11. The number of nitrogens with one attached hydrogen (secondary N) is 1. The number of amides is 1. The normalized spacial score (nSPS) is 10.2. The van der Waals surface area contributed by atoms with Gasteiger partial charge in [0.1, 0.15) is 5.82 Å². The van der Waals surface area contributed by atoms with E-state index in [-0.39, 0.29) is 23.6 Å². The van der Waals surface area contributed by atoms with Crippen molar-refractivity contribution in [1.82, 2.24) is 5.32 Å². The van der Waals surface area contributed by atoms with Crippen LogP contribution in [0.5, 0.6) is 0 Å². The molecule has 0 unspecified atom stereocenters. The van der Waals surface area contributed by atoms with Gasteiger partial charge in [-0.15, -0.1) is 0 Å². The highest BCUT2D eigenvalue weighted by Crippen LogP contribution is 2.21. The molecular weight excluding hydrogens is 275 g/mol. The molecule has 0 aliphatic carbocycles. The molecule has 5 nitrogen and oxygen atoms in total. The minimum absolute atomic E-state index is 0.0931. The fourth-order valence-electron chi connectivity index (χ4n) is 1.95.